The molecule has 0 aliphatic carbocycles. The number of aromatic amines is 1. The summed E-state index contributed by atoms with van der Waals surface area (Å²) in [6.45, 7) is 0. The molecule has 0 saturated heterocycles. The second-order valence-corrected chi connectivity index (χ2v) is 3.50. The van der Waals surface area contributed by atoms with Crippen molar-refractivity contribution in [2.75, 3.05) is 0 Å². The molecule has 0 unspecified atom stereocenters. The van der Waals surface area contributed by atoms with Crippen molar-refractivity contribution in [2.45, 2.75) is 0 Å². The Hall–Kier alpha value is -1.69. The molecule has 0 spiro atoms. The minimum Gasteiger partial charge on any atom is -0.267 e. The smallest absolute Gasteiger partial charge is 0.267 e. The van der Waals surface area contributed by atoms with E-state index in [9.17, 15) is 4.79 Å². The van der Waals surface area contributed by atoms with Gasteiger partial charge < -0.3 is 0 Å². The lowest BCUT2D eigenvalue weighted by molar-refractivity contribution is 0.878. The largest absolute Gasteiger partial charge is 0.282 e. The Morgan fingerprint density at radius 2 is 2.46 bits per heavy atom. The van der Waals surface area contributed by atoms with E-state index in [0.717, 1.165) is 4.83 Å². The Labute approximate surface area is 75.6 Å². The lowest BCUT2D eigenvalue weighted by atomic mass is 10.4. The molecule has 0 aromatic carbocycles. The van der Waals surface area contributed by atoms with E-state index in [1.165, 1.54) is 17.5 Å². The van der Waals surface area contributed by atoms with Gasteiger partial charge in [0.15, 0.2) is 5.65 Å². The fraction of sp³-hybridized carbons (Fsp3) is 0. The number of nitrogens with zero attached hydrogens (tertiary/aromatic N) is 3. The topological polar surface area (TPSA) is 63.0 Å². The summed E-state index contributed by atoms with van der Waals surface area (Å²) in [6, 6.07) is 1.77. The molecule has 3 aromatic heterocycles. The van der Waals surface area contributed by atoms with Crippen molar-refractivity contribution in [3.05, 3.63) is 28.0 Å². The second-order valence-electron chi connectivity index (χ2n) is 2.61. The van der Waals surface area contributed by atoms with Gasteiger partial charge in [0.25, 0.3) is 5.56 Å². The zero-order chi connectivity index (χ0) is 8.84. The number of thiophene rings is 1. The zero-order valence-electron chi connectivity index (χ0n) is 6.39. The van der Waals surface area contributed by atoms with Crippen LogP contribution in [0.2, 0.25) is 0 Å². The lowest BCUT2D eigenvalue weighted by Crippen LogP contribution is -2.07. The van der Waals surface area contributed by atoms with E-state index in [4.69, 9.17) is 0 Å². The van der Waals surface area contributed by atoms with Crippen molar-refractivity contribution < 1.29 is 0 Å². The molecule has 0 fully saturated rings. The van der Waals surface area contributed by atoms with E-state index in [1.807, 2.05) is 5.38 Å². The molecule has 13 heavy (non-hydrogen) atoms. The number of aromatic nitrogens is 4. The predicted molar refractivity (Wildman–Crippen MR) is 49.0 cm³/mol. The van der Waals surface area contributed by atoms with E-state index in [0.29, 0.717) is 11.0 Å². The third-order valence-electron chi connectivity index (χ3n) is 1.86. The van der Waals surface area contributed by atoms with Crippen LogP contribution in [0.4, 0.5) is 0 Å². The molecule has 0 bridgehead atoms. The van der Waals surface area contributed by atoms with Gasteiger partial charge in [0.1, 0.15) is 4.83 Å². The molecule has 64 valence electrons. The first-order chi connectivity index (χ1) is 6.36. The van der Waals surface area contributed by atoms with Crippen molar-refractivity contribution in [3.8, 4) is 0 Å². The van der Waals surface area contributed by atoms with Gasteiger partial charge in [0.05, 0.1) is 11.6 Å². The van der Waals surface area contributed by atoms with Gasteiger partial charge in [0, 0.05) is 0 Å². The lowest BCUT2D eigenvalue weighted by Gasteiger charge is -1.91. The molecule has 6 heteroatoms. The van der Waals surface area contributed by atoms with Crippen LogP contribution in [0, 0.1) is 0 Å². The maximum absolute atomic E-state index is 11.4. The first-order valence-electron chi connectivity index (χ1n) is 3.65. The molecule has 1 N–H and O–H groups in total. The van der Waals surface area contributed by atoms with E-state index in [2.05, 4.69) is 15.3 Å². The molecule has 0 saturated carbocycles. The standard InChI is InChI=1S/C7H4N4OS/c12-6-4-1-2-13-7(4)11-5(9-6)3-8-10-11/h1-3,10H. The average molecular weight is 192 g/mol. The maximum Gasteiger partial charge on any atom is 0.282 e. The Morgan fingerprint density at radius 3 is 3.38 bits per heavy atom. The normalized spacial score (nSPS) is 11.4. The first kappa shape index (κ1) is 6.79. The first-order valence-corrected chi connectivity index (χ1v) is 4.53. The molecule has 0 atom stereocenters. The average Bonchev–Trinajstić information content (AvgIpc) is 2.66. The van der Waals surface area contributed by atoms with Gasteiger partial charge >= 0.3 is 0 Å². The van der Waals surface area contributed by atoms with Crippen LogP contribution in [0.5, 0.6) is 0 Å². The number of rotatable bonds is 0. The number of hydrogen-bond donors (Lipinski definition) is 1. The molecule has 0 amide bonds. The van der Waals surface area contributed by atoms with Gasteiger partial charge in [0.2, 0.25) is 0 Å². The minimum absolute atomic E-state index is 0.197. The molecular formula is C7H4N4OS. The summed E-state index contributed by atoms with van der Waals surface area (Å²) >= 11 is 1.49. The van der Waals surface area contributed by atoms with Gasteiger partial charge in [-0.25, -0.2) is 9.73 Å². The number of fused-ring (bicyclic) bond motifs is 3. The van der Waals surface area contributed by atoms with Gasteiger partial charge in [-0.3, -0.25) is 4.79 Å². The Bertz CT molecular complexity index is 634. The summed E-state index contributed by atoms with van der Waals surface area (Å²) in [5.41, 5.74) is 0.359. The van der Waals surface area contributed by atoms with Crippen LogP contribution in [0.3, 0.4) is 0 Å². The third-order valence-corrected chi connectivity index (χ3v) is 2.76. The van der Waals surface area contributed by atoms with Crippen LogP contribution >= 0.6 is 11.3 Å². The van der Waals surface area contributed by atoms with Crippen molar-refractivity contribution >= 4 is 27.2 Å². The Balaban J connectivity index is 2.79. The van der Waals surface area contributed by atoms with E-state index in [-0.39, 0.29) is 5.56 Å². The van der Waals surface area contributed by atoms with Crippen molar-refractivity contribution in [1.29, 1.82) is 0 Å². The number of nitrogens with one attached hydrogen (secondary N) is 1. The summed E-state index contributed by atoms with van der Waals surface area (Å²) < 4.78 is 1.70. The molecule has 3 aromatic rings. The van der Waals surface area contributed by atoms with Crippen LogP contribution in [0.15, 0.2) is 22.4 Å². The summed E-state index contributed by atoms with van der Waals surface area (Å²) in [7, 11) is 0. The van der Waals surface area contributed by atoms with Gasteiger partial charge in [-0.15, -0.1) is 11.3 Å². The highest BCUT2D eigenvalue weighted by atomic mass is 32.1. The quantitative estimate of drug-likeness (QED) is 0.568. The van der Waals surface area contributed by atoms with Crippen molar-refractivity contribution in [2.24, 2.45) is 0 Å². The molecular weight excluding hydrogens is 188 g/mol. The Kier molecular flexibility index (Phi) is 1.13. The molecule has 3 rings (SSSR count). The van der Waals surface area contributed by atoms with Crippen LogP contribution in [0.1, 0.15) is 0 Å². The molecule has 0 aliphatic heterocycles. The fourth-order valence-electron chi connectivity index (χ4n) is 1.28. The maximum atomic E-state index is 11.4. The van der Waals surface area contributed by atoms with E-state index >= 15 is 0 Å². The van der Waals surface area contributed by atoms with Crippen LogP contribution < -0.4 is 5.56 Å². The van der Waals surface area contributed by atoms with Crippen molar-refractivity contribution in [3.63, 3.8) is 0 Å². The molecule has 5 nitrogen and oxygen atoms in total. The van der Waals surface area contributed by atoms with E-state index in [1.54, 1.807) is 10.6 Å². The summed E-state index contributed by atoms with van der Waals surface area (Å²) in [5, 5.41) is 9.06. The van der Waals surface area contributed by atoms with Crippen LogP contribution in [0.25, 0.3) is 15.9 Å². The monoisotopic (exact) mass is 192 g/mol. The van der Waals surface area contributed by atoms with Crippen LogP contribution in [-0.4, -0.2) is 19.8 Å². The van der Waals surface area contributed by atoms with Gasteiger partial charge in [-0.05, 0) is 11.4 Å². The Morgan fingerprint density at radius 1 is 1.54 bits per heavy atom. The summed E-state index contributed by atoms with van der Waals surface area (Å²) in [4.78, 5) is 16.1. The highest BCUT2D eigenvalue weighted by molar-refractivity contribution is 7.16. The van der Waals surface area contributed by atoms with Crippen LogP contribution in [-0.2, 0) is 0 Å². The predicted octanol–water partition coefficient (Wildman–Crippen LogP) is 0.632. The SMILES string of the molecule is O=c1nc2cn[nH]n2c2sccc12. The molecule has 0 aliphatic rings. The molecule has 3 heterocycles. The fourth-order valence-corrected chi connectivity index (χ4v) is 2.14. The minimum atomic E-state index is -0.197. The number of H-pyrrole nitrogens is 1. The third kappa shape index (κ3) is 0.775. The van der Waals surface area contributed by atoms with Gasteiger partial charge in [-0.2, -0.15) is 10.1 Å². The van der Waals surface area contributed by atoms with Crippen molar-refractivity contribution in [1.82, 2.24) is 19.8 Å². The van der Waals surface area contributed by atoms with E-state index < -0.39 is 0 Å². The number of hydrogen-bond acceptors (Lipinski definition) is 4. The highest BCUT2D eigenvalue weighted by Crippen LogP contribution is 2.16. The molecule has 0 radical (unpaired) electrons. The second kappa shape index (κ2) is 2.17. The zero-order valence-corrected chi connectivity index (χ0v) is 7.21. The highest BCUT2D eigenvalue weighted by Gasteiger charge is 2.06. The summed E-state index contributed by atoms with van der Waals surface area (Å²) in [6.07, 6.45) is 1.53. The summed E-state index contributed by atoms with van der Waals surface area (Å²) in [5.74, 6) is 0. The van der Waals surface area contributed by atoms with Gasteiger partial charge in [-0.1, -0.05) is 0 Å².